The summed E-state index contributed by atoms with van der Waals surface area (Å²) in [7, 11) is 0. The molecule has 0 fully saturated rings. The van der Waals surface area contributed by atoms with Crippen molar-refractivity contribution in [1.82, 2.24) is 10.4 Å². The monoisotopic (exact) mass is 409 g/mol. The Bertz CT molecular complexity index is 1240. The molecule has 0 bridgehead atoms. The molecular formula is C25H23N5O. The van der Waals surface area contributed by atoms with Gasteiger partial charge < -0.3 is 4.74 Å². The lowest BCUT2D eigenvalue weighted by molar-refractivity contribution is 0.309. The highest BCUT2D eigenvalue weighted by atomic mass is 16.5. The lowest BCUT2D eigenvalue weighted by atomic mass is 10.0. The van der Waals surface area contributed by atoms with Crippen molar-refractivity contribution < 1.29 is 4.74 Å². The van der Waals surface area contributed by atoms with Crippen LogP contribution in [0.2, 0.25) is 0 Å². The lowest BCUT2D eigenvalue weighted by Crippen LogP contribution is -2.19. The molecule has 2 heterocycles. The van der Waals surface area contributed by atoms with E-state index in [0.29, 0.717) is 13.3 Å². The third kappa shape index (κ3) is 3.92. The molecule has 6 heteroatoms. The van der Waals surface area contributed by atoms with Gasteiger partial charge in [-0.2, -0.15) is 0 Å². The Balaban J connectivity index is 1.37. The van der Waals surface area contributed by atoms with Crippen molar-refractivity contribution in [2.45, 2.75) is 20.0 Å². The number of benzene rings is 3. The smallest absolute Gasteiger partial charge is 0.131 e. The van der Waals surface area contributed by atoms with Crippen molar-refractivity contribution in [1.29, 1.82) is 0 Å². The fourth-order valence-corrected chi connectivity index (χ4v) is 3.73. The van der Waals surface area contributed by atoms with Crippen molar-refractivity contribution in [2.75, 3.05) is 11.7 Å². The maximum Gasteiger partial charge on any atom is 0.131 e. The van der Waals surface area contributed by atoms with E-state index in [9.17, 15) is 0 Å². The van der Waals surface area contributed by atoms with Gasteiger partial charge >= 0.3 is 0 Å². The molecule has 5 rings (SSSR count). The van der Waals surface area contributed by atoms with E-state index < -0.39 is 0 Å². The molecule has 0 saturated heterocycles. The number of aromatic nitrogens is 1. The summed E-state index contributed by atoms with van der Waals surface area (Å²) >= 11 is 0. The van der Waals surface area contributed by atoms with Gasteiger partial charge in [-0.1, -0.05) is 66.7 Å². The first-order valence-corrected chi connectivity index (χ1v) is 10.4. The SMILES string of the molecule is CCc1cc(OCc2ccc(-c3ccccc3N3CNN=N3)cc2)c2ccccc2n1. The van der Waals surface area contributed by atoms with Gasteiger partial charge in [-0.15, -0.1) is 0 Å². The second kappa shape index (κ2) is 8.44. The number of rotatable bonds is 6. The summed E-state index contributed by atoms with van der Waals surface area (Å²) in [4.78, 5) is 4.69. The van der Waals surface area contributed by atoms with Crippen LogP contribution in [0.5, 0.6) is 5.75 Å². The Morgan fingerprint density at radius 2 is 1.77 bits per heavy atom. The van der Waals surface area contributed by atoms with Crippen LogP contribution in [-0.2, 0) is 13.0 Å². The van der Waals surface area contributed by atoms with Gasteiger partial charge in [0.15, 0.2) is 0 Å². The van der Waals surface area contributed by atoms with Crippen LogP contribution in [0.15, 0.2) is 89.3 Å². The number of hydrogen-bond acceptors (Lipinski definition) is 6. The minimum atomic E-state index is 0.503. The quantitative estimate of drug-likeness (QED) is 0.444. The Hall–Kier alpha value is -3.93. The molecule has 1 N–H and O–H groups in total. The normalized spacial score (nSPS) is 12.9. The molecule has 0 aliphatic carbocycles. The van der Waals surface area contributed by atoms with E-state index in [2.05, 4.69) is 65.3 Å². The summed E-state index contributed by atoms with van der Waals surface area (Å²) in [5.74, 6) is 0.878. The first-order valence-electron chi connectivity index (χ1n) is 10.4. The van der Waals surface area contributed by atoms with Gasteiger partial charge in [-0.05, 0) is 41.0 Å². The van der Waals surface area contributed by atoms with E-state index >= 15 is 0 Å². The first kappa shape index (κ1) is 19.1. The molecule has 0 unspecified atom stereocenters. The minimum absolute atomic E-state index is 0.503. The summed E-state index contributed by atoms with van der Waals surface area (Å²) in [6.45, 7) is 3.18. The number of anilines is 1. The predicted molar refractivity (Wildman–Crippen MR) is 123 cm³/mol. The van der Waals surface area contributed by atoms with Crippen molar-refractivity contribution in [3.63, 3.8) is 0 Å². The molecule has 0 atom stereocenters. The van der Waals surface area contributed by atoms with Crippen LogP contribution in [0.1, 0.15) is 18.2 Å². The number of ether oxygens (including phenoxy) is 1. The Kier molecular flexibility index (Phi) is 5.19. The van der Waals surface area contributed by atoms with E-state index in [1.54, 1.807) is 0 Å². The molecule has 0 saturated carbocycles. The molecule has 0 amide bonds. The molecule has 4 aromatic rings. The summed E-state index contributed by atoms with van der Waals surface area (Å²) in [5, 5.41) is 10.9. The average Bonchev–Trinajstić information content (AvgIpc) is 3.37. The average molecular weight is 409 g/mol. The number of para-hydroxylation sites is 2. The fourth-order valence-electron chi connectivity index (χ4n) is 3.73. The lowest BCUT2D eigenvalue weighted by Gasteiger charge is -2.16. The first-order chi connectivity index (χ1) is 15.3. The summed E-state index contributed by atoms with van der Waals surface area (Å²) in [6.07, 6.45) is 0.876. The van der Waals surface area contributed by atoms with Crippen LogP contribution < -0.4 is 15.2 Å². The highest BCUT2D eigenvalue weighted by molar-refractivity contribution is 5.85. The van der Waals surface area contributed by atoms with Gasteiger partial charge in [0.05, 0.1) is 11.2 Å². The van der Waals surface area contributed by atoms with Gasteiger partial charge in [-0.25, -0.2) is 5.01 Å². The predicted octanol–water partition coefficient (Wildman–Crippen LogP) is 5.69. The zero-order chi connectivity index (χ0) is 21.0. The number of nitrogens with zero attached hydrogens (tertiary/aromatic N) is 4. The van der Waals surface area contributed by atoms with Gasteiger partial charge in [0.25, 0.3) is 0 Å². The molecule has 1 aliphatic rings. The number of nitrogens with one attached hydrogen (secondary N) is 1. The second-order valence-electron chi connectivity index (χ2n) is 7.39. The molecule has 154 valence electrons. The van der Waals surface area contributed by atoms with E-state index in [-0.39, 0.29) is 0 Å². The highest BCUT2D eigenvalue weighted by Crippen LogP contribution is 2.32. The van der Waals surface area contributed by atoms with E-state index in [1.807, 2.05) is 41.4 Å². The van der Waals surface area contributed by atoms with Crippen LogP contribution in [-0.4, -0.2) is 11.7 Å². The van der Waals surface area contributed by atoms with Crippen LogP contribution >= 0.6 is 0 Å². The largest absolute Gasteiger partial charge is 0.488 e. The Labute approximate surface area is 181 Å². The van der Waals surface area contributed by atoms with Gasteiger partial charge in [-0.3, -0.25) is 10.4 Å². The van der Waals surface area contributed by atoms with Crippen LogP contribution in [0.25, 0.3) is 22.0 Å². The van der Waals surface area contributed by atoms with Gasteiger partial charge in [0, 0.05) is 22.7 Å². The second-order valence-corrected chi connectivity index (χ2v) is 7.39. The fraction of sp³-hybridized carbons (Fsp3) is 0.160. The molecule has 3 aromatic carbocycles. The Morgan fingerprint density at radius 1 is 0.968 bits per heavy atom. The number of aryl methyl sites for hydroxylation is 1. The zero-order valence-corrected chi connectivity index (χ0v) is 17.3. The van der Waals surface area contributed by atoms with Crippen LogP contribution in [0.3, 0.4) is 0 Å². The maximum absolute atomic E-state index is 6.21. The molecule has 6 nitrogen and oxygen atoms in total. The minimum Gasteiger partial charge on any atom is -0.488 e. The van der Waals surface area contributed by atoms with Gasteiger partial charge in [0.2, 0.25) is 0 Å². The van der Waals surface area contributed by atoms with Crippen molar-refractivity contribution in [3.05, 3.63) is 90.1 Å². The van der Waals surface area contributed by atoms with Crippen molar-refractivity contribution in [2.24, 2.45) is 10.4 Å². The topological polar surface area (TPSA) is 62.1 Å². The highest BCUT2D eigenvalue weighted by Gasteiger charge is 2.14. The van der Waals surface area contributed by atoms with Crippen molar-refractivity contribution in [3.8, 4) is 16.9 Å². The molecule has 31 heavy (non-hydrogen) atoms. The third-order valence-corrected chi connectivity index (χ3v) is 5.38. The van der Waals surface area contributed by atoms with Crippen LogP contribution in [0.4, 0.5) is 5.69 Å². The standard InChI is InChI=1S/C25H23N5O/c1-2-20-15-25(22-8-3-5-9-23(22)27-20)31-16-18-11-13-19(14-12-18)21-7-4-6-10-24(21)30-17-26-28-29-30/h3-15H,2,16-17H2,1H3,(H,26,29). The van der Waals surface area contributed by atoms with Gasteiger partial charge in [0.1, 0.15) is 19.0 Å². The number of pyridine rings is 1. The number of hydrogen-bond donors (Lipinski definition) is 1. The number of fused-ring (bicyclic) bond motifs is 1. The Morgan fingerprint density at radius 3 is 2.58 bits per heavy atom. The maximum atomic E-state index is 6.21. The van der Waals surface area contributed by atoms with E-state index in [1.165, 1.54) is 0 Å². The third-order valence-electron chi connectivity index (χ3n) is 5.38. The van der Waals surface area contributed by atoms with E-state index in [4.69, 9.17) is 9.72 Å². The molecule has 1 aromatic heterocycles. The molecule has 0 spiro atoms. The molecular weight excluding hydrogens is 386 g/mol. The molecule has 0 radical (unpaired) electrons. The van der Waals surface area contributed by atoms with E-state index in [0.717, 1.165) is 51.1 Å². The molecule has 1 aliphatic heterocycles. The van der Waals surface area contributed by atoms with Crippen LogP contribution in [0, 0.1) is 0 Å². The summed E-state index contributed by atoms with van der Waals surface area (Å²) in [5.41, 5.74) is 9.26. The zero-order valence-electron chi connectivity index (χ0n) is 17.3. The van der Waals surface area contributed by atoms with Crippen molar-refractivity contribution >= 4 is 16.6 Å². The summed E-state index contributed by atoms with van der Waals surface area (Å²) < 4.78 is 6.21. The summed E-state index contributed by atoms with van der Waals surface area (Å²) in [6, 6.07) is 26.8.